The normalized spacial score (nSPS) is 19.7. The monoisotopic (exact) mass is 343 g/mol. The second-order valence-corrected chi connectivity index (χ2v) is 6.18. The minimum Gasteiger partial charge on any atom is -0.350 e. The number of hydrogen-bond acceptors (Lipinski definition) is 6. The highest BCUT2D eigenvalue weighted by atomic mass is 32.1. The minimum atomic E-state index is -4.46. The molecule has 0 aliphatic carbocycles. The molecule has 0 saturated carbocycles. The van der Waals surface area contributed by atoms with E-state index in [2.05, 4.69) is 25.2 Å². The predicted octanol–water partition coefficient (Wildman–Crippen LogP) is 3.03. The lowest BCUT2D eigenvalue weighted by molar-refractivity contribution is -0.141. The molecule has 3 heterocycles. The average Bonchev–Trinajstić information content (AvgIpc) is 3.00. The molecule has 0 spiro atoms. The standard InChI is InChI=1S/C14H16F3N5S/c15-14(16,17)12-3-4-18-13(21-12)20-10-2-1-5-22(6-10)7-11-8-23-9-19-11/h3-4,8-10H,1-2,5-7H2,(H,18,20,21). The Morgan fingerprint density at radius 3 is 2.96 bits per heavy atom. The van der Waals surface area contributed by atoms with Gasteiger partial charge in [-0.25, -0.2) is 15.0 Å². The molecule has 1 fully saturated rings. The van der Waals surface area contributed by atoms with E-state index in [1.54, 1.807) is 16.8 Å². The first-order valence-corrected chi connectivity index (χ1v) is 8.21. The number of likely N-dealkylation sites (tertiary alicyclic amines) is 1. The maximum Gasteiger partial charge on any atom is 0.433 e. The van der Waals surface area contributed by atoms with Gasteiger partial charge in [0.25, 0.3) is 0 Å². The van der Waals surface area contributed by atoms with Crippen LogP contribution in [0.5, 0.6) is 0 Å². The van der Waals surface area contributed by atoms with Crippen molar-refractivity contribution >= 4 is 17.3 Å². The van der Waals surface area contributed by atoms with Gasteiger partial charge in [-0.05, 0) is 25.5 Å². The Morgan fingerprint density at radius 2 is 2.22 bits per heavy atom. The molecule has 1 saturated heterocycles. The SMILES string of the molecule is FC(F)(F)c1ccnc(NC2CCCN(Cc3cscn3)C2)n1. The summed E-state index contributed by atoms with van der Waals surface area (Å²) in [5.74, 6) is 0.0281. The van der Waals surface area contributed by atoms with E-state index in [0.29, 0.717) is 0 Å². The third-order valence-electron chi connectivity index (χ3n) is 3.65. The van der Waals surface area contributed by atoms with Gasteiger partial charge in [-0.1, -0.05) is 0 Å². The van der Waals surface area contributed by atoms with Crippen molar-refractivity contribution in [3.8, 4) is 0 Å². The van der Waals surface area contributed by atoms with E-state index in [1.807, 2.05) is 5.38 Å². The summed E-state index contributed by atoms with van der Waals surface area (Å²) < 4.78 is 38.1. The minimum absolute atomic E-state index is 0.0281. The first-order chi connectivity index (χ1) is 11.0. The zero-order valence-electron chi connectivity index (χ0n) is 12.3. The number of piperidine rings is 1. The van der Waals surface area contributed by atoms with Gasteiger partial charge in [0.1, 0.15) is 5.69 Å². The molecule has 1 atom stereocenters. The highest BCUT2D eigenvalue weighted by Crippen LogP contribution is 2.27. The van der Waals surface area contributed by atoms with Crippen LogP contribution in [-0.2, 0) is 12.7 Å². The van der Waals surface area contributed by atoms with Gasteiger partial charge in [0.2, 0.25) is 5.95 Å². The number of rotatable bonds is 4. The van der Waals surface area contributed by atoms with E-state index in [1.165, 1.54) is 0 Å². The summed E-state index contributed by atoms with van der Waals surface area (Å²) in [7, 11) is 0. The summed E-state index contributed by atoms with van der Waals surface area (Å²) in [4.78, 5) is 14.0. The molecular formula is C14H16F3N5S. The van der Waals surface area contributed by atoms with Gasteiger partial charge in [-0.15, -0.1) is 11.3 Å². The van der Waals surface area contributed by atoms with Crippen molar-refractivity contribution in [2.24, 2.45) is 0 Å². The number of nitrogens with zero attached hydrogens (tertiary/aromatic N) is 4. The molecule has 0 radical (unpaired) electrons. The largest absolute Gasteiger partial charge is 0.433 e. The average molecular weight is 343 g/mol. The highest BCUT2D eigenvalue weighted by Gasteiger charge is 2.33. The molecule has 0 aromatic carbocycles. The summed E-state index contributed by atoms with van der Waals surface area (Å²) in [5, 5.41) is 5.03. The van der Waals surface area contributed by atoms with E-state index in [4.69, 9.17) is 0 Å². The first-order valence-electron chi connectivity index (χ1n) is 7.27. The van der Waals surface area contributed by atoms with Gasteiger partial charge in [0, 0.05) is 30.7 Å². The summed E-state index contributed by atoms with van der Waals surface area (Å²) >= 11 is 1.56. The van der Waals surface area contributed by atoms with Crippen LogP contribution in [0, 0.1) is 0 Å². The van der Waals surface area contributed by atoms with Crippen molar-refractivity contribution < 1.29 is 13.2 Å². The van der Waals surface area contributed by atoms with Crippen LogP contribution in [0.3, 0.4) is 0 Å². The Labute approximate surface area is 135 Å². The number of aromatic nitrogens is 3. The quantitative estimate of drug-likeness (QED) is 0.925. The Hall–Kier alpha value is -1.74. The molecule has 0 bridgehead atoms. The number of halogens is 3. The molecule has 23 heavy (non-hydrogen) atoms. The zero-order chi connectivity index (χ0) is 16.3. The maximum absolute atomic E-state index is 12.7. The highest BCUT2D eigenvalue weighted by molar-refractivity contribution is 7.07. The molecule has 9 heteroatoms. The number of thiazole rings is 1. The Balaban J connectivity index is 1.61. The molecule has 124 valence electrons. The molecule has 1 aliphatic rings. The smallest absolute Gasteiger partial charge is 0.350 e. The van der Waals surface area contributed by atoms with Gasteiger partial charge in [0.05, 0.1) is 11.2 Å². The van der Waals surface area contributed by atoms with Crippen molar-refractivity contribution in [3.63, 3.8) is 0 Å². The van der Waals surface area contributed by atoms with E-state index >= 15 is 0 Å². The summed E-state index contributed by atoms with van der Waals surface area (Å²) in [6.07, 6.45) is -1.47. The van der Waals surface area contributed by atoms with Crippen molar-refractivity contribution in [1.82, 2.24) is 19.9 Å². The molecule has 1 unspecified atom stereocenters. The van der Waals surface area contributed by atoms with Crippen molar-refractivity contribution in [3.05, 3.63) is 34.5 Å². The maximum atomic E-state index is 12.7. The van der Waals surface area contributed by atoms with E-state index in [9.17, 15) is 13.2 Å². The third kappa shape index (κ3) is 4.38. The second kappa shape index (κ2) is 6.79. The van der Waals surface area contributed by atoms with Gasteiger partial charge in [-0.3, -0.25) is 4.90 Å². The van der Waals surface area contributed by atoms with Crippen molar-refractivity contribution in [2.45, 2.75) is 31.6 Å². The summed E-state index contributed by atoms with van der Waals surface area (Å²) in [5.41, 5.74) is 1.89. The lowest BCUT2D eigenvalue weighted by Crippen LogP contribution is -2.42. The molecule has 1 aliphatic heterocycles. The second-order valence-electron chi connectivity index (χ2n) is 5.46. The Kier molecular flexibility index (Phi) is 4.76. The van der Waals surface area contributed by atoms with Gasteiger partial charge in [-0.2, -0.15) is 13.2 Å². The summed E-state index contributed by atoms with van der Waals surface area (Å²) in [6, 6.07) is 0.909. The van der Waals surface area contributed by atoms with Crippen LogP contribution in [0.25, 0.3) is 0 Å². The predicted molar refractivity (Wildman–Crippen MR) is 81.1 cm³/mol. The van der Waals surface area contributed by atoms with Crippen LogP contribution in [0.2, 0.25) is 0 Å². The summed E-state index contributed by atoms with van der Waals surface area (Å²) in [6.45, 7) is 2.45. The molecule has 0 amide bonds. The van der Waals surface area contributed by atoms with Crippen LogP contribution in [0.4, 0.5) is 19.1 Å². The molecule has 2 aromatic heterocycles. The lowest BCUT2D eigenvalue weighted by atomic mass is 10.1. The van der Waals surface area contributed by atoms with Gasteiger partial charge in [0.15, 0.2) is 0 Å². The number of nitrogens with one attached hydrogen (secondary N) is 1. The lowest BCUT2D eigenvalue weighted by Gasteiger charge is -2.32. The van der Waals surface area contributed by atoms with Gasteiger partial charge >= 0.3 is 6.18 Å². The fourth-order valence-electron chi connectivity index (χ4n) is 2.63. The van der Waals surface area contributed by atoms with Crippen LogP contribution in [0.1, 0.15) is 24.2 Å². The van der Waals surface area contributed by atoms with Gasteiger partial charge < -0.3 is 5.32 Å². The topological polar surface area (TPSA) is 53.9 Å². The Bertz CT molecular complexity index is 632. The number of hydrogen-bond donors (Lipinski definition) is 1. The third-order valence-corrected chi connectivity index (χ3v) is 4.29. The Morgan fingerprint density at radius 1 is 1.35 bits per heavy atom. The molecule has 3 rings (SSSR count). The van der Waals surface area contributed by atoms with E-state index in [-0.39, 0.29) is 12.0 Å². The molecule has 5 nitrogen and oxygen atoms in total. The molecular weight excluding hydrogens is 327 g/mol. The fourth-order valence-corrected chi connectivity index (χ4v) is 3.18. The zero-order valence-corrected chi connectivity index (χ0v) is 13.1. The van der Waals surface area contributed by atoms with Crippen LogP contribution < -0.4 is 5.32 Å². The van der Waals surface area contributed by atoms with Crippen molar-refractivity contribution in [2.75, 3.05) is 18.4 Å². The van der Waals surface area contributed by atoms with Crippen LogP contribution in [-0.4, -0.2) is 39.0 Å². The fraction of sp³-hybridized carbons (Fsp3) is 0.500. The van der Waals surface area contributed by atoms with Crippen LogP contribution in [0.15, 0.2) is 23.2 Å². The van der Waals surface area contributed by atoms with E-state index < -0.39 is 11.9 Å². The molecule has 2 aromatic rings. The van der Waals surface area contributed by atoms with Crippen molar-refractivity contribution in [1.29, 1.82) is 0 Å². The number of anilines is 1. The van der Waals surface area contributed by atoms with Crippen LogP contribution >= 0.6 is 11.3 Å². The van der Waals surface area contributed by atoms with E-state index in [0.717, 1.165) is 50.4 Å². The number of alkyl halides is 3. The first kappa shape index (κ1) is 16.1. The molecule has 1 N–H and O–H groups in total.